The van der Waals surface area contributed by atoms with Gasteiger partial charge in [-0.15, -0.1) is 0 Å². The summed E-state index contributed by atoms with van der Waals surface area (Å²) in [6, 6.07) is 15.4. The molecule has 2 N–H and O–H groups in total. The lowest BCUT2D eigenvalue weighted by atomic mass is 10.1. The molecule has 0 amide bonds. The van der Waals surface area contributed by atoms with E-state index >= 15 is 0 Å². The van der Waals surface area contributed by atoms with E-state index in [1.807, 2.05) is 48.5 Å². The summed E-state index contributed by atoms with van der Waals surface area (Å²) in [5.74, 6) is 0. The van der Waals surface area contributed by atoms with Crippen molar-refractivity contribution in [2.24, 2.45) is 0 Å². The van der Waals surface area contributed by atoms with Crippen LogP contribution in [0.25, 0.3) is 0 Å². The fraction of sp³-hybridized carbons (Fsp3) is 0.520. The van der Waals surface area contributed by atoms with E-state index in [9.17, 15) is 10.2 Å². The van der Waals surface area contributed by atoms with Crippen molar-refractivity contribution in [1.29, 1.82) is 0 Å². The fourth-order valence-electron chi connectivity index (χ4n) is 4.02. The van der Waals surface area contributed by atoms with Crippen LogP contribution < -0.4 is 0 Å². The highest BCUT2D eigenvalue weighted by molar-refractivity contribution is 6.31. The fourth-order valence-corrected chi connectivity index (χ4v) is 4.40. The van der Waals surface area contributed by atoms with E-state index in [0.717, 1.165) is 30.8 Å². The summed E-state index contributed by atoms with van der Waals surface area (Å²) in [6.45, 7) is 7.05. The van der Waals surface area contributed by atoms with Crippen molar-refractivity contribution in [3.05, 3.63) is 69.7 Å². The topological polar surface area (TPSA) is 65.4 Å². The summed E-state index contributed by atoms with van der Waals surface area (Å²) in [7, 11) is 0. The Hall–Kier alpha value is -1.22. The largest absolute Gasteiger partial charge is 0.389 e. The van der Waals surface area contributed by atoms with E-state index in [1.165, 1.54) is 0 Å². The maximum absolute atomic E-state index is 10.4. The molecule has 0 aliphatic carbocycles. The predicted octanol–water partition coefficient (Wildman–Crippen LogP) is 3.45. The van der Waals surface area contributed by atoms with Gasteiger partial charge in [0.2, 0.25) is 0 Å². The summed E-state index contributed by atoms with van der Waals surface area (Å²) < 4.78 is 11.3. The maximum Gasteiger partial charge on any atom is 0.0900 e. The van der Waals surface area contributed by atoms with Gasteiger partial charge in [0, 0.05) is 48.8 Å². The molecule has 182 valence electrons. The van der Waals surface area contributed by atoms with Crippen molar-refractivity contribution in [3.63, 3.8) is 0 Å². The first kappa shape index (κ1) is 26.4. The molecular formula is C25H34Cl2N2O4. The Bertz CT molecular complexity index is 857. The average molecular weight is 497 g/mol. The number of aliphatic hydroxyl groups is 2. The highest BCUT2D eigenvalue weighted by Gasteiger charge is 2.26. The Balaban J connectivity index is 1.31. The van der Waals surface area contributed by atoms with Gasteiger partial charge >= 0.3 is 0 Å². The third-order valence-electron chi connectivity index (χ3n) is 5.81. The highest BCUT2D eigenvalue weighted by Crippen LogP contribution is 2.17. The van der Waals surface area contributed by atoms with Gasteiger partial charge in [0.1, 0.15) is 0 Å². The van der Waals surface area contributed by atoms with Crippen LogP contribution in [0.15, 0.2) is 48.5 Å². The van der Waals surface area contributed by atoms with E-state index in [-0.39, 0.29) is 19.3 Å². The summed E-state index contributed by atoms with van der Waals surface area (Å²) in [6.07, 6.45) is -1.12. The van der Waals surface area contributed by atoms with Crippen molar-refractivity contribution < 1.29 is 19.7 Å². The lowest BCUT2D eigenvalue weighted by molar-refractivity contribution is -0.0264. The minimum Gasteiger partial charge on any atom is -0.389 e. The van der Waals surface area contributed by atoms with Crippen molar-refractivity contribution in [2.45, 2.75) is 38.4 Å². The first-order valence-corrected chi connectivity index (χ1v) is 12.1. The average Bonchev–Trinajstić information content (AvgIpc) is 2.78. The van der Waals surface area contributed by atoms with Gasteiger partial charge in [-0.05, 0) is 30.2 Å². The third-order valence-corrected chi connectivity index (χ3v) is 6.55. The van der Waals surface area contributed by atoms with Gasteiger partial charge in [0.05, 0.1) is 38.6 Å². The molecule has 1 heterocycles. The number of β-amino-alcohol motifs (C(OH)–C–C–N with tert-alkyl or cyclic N) is 2. The van der Waals surface area contributed by atoms with Crippen LogP contribution in [-0.2, 0) is 22.7 Å². The maximum atomic E-state index is 10.4. The van der Waals surface area contributed by atoms with Crippen molar-refractivity contribution in [1.82, 2.24) is 9.80 Å². The molecule has 2 aromatic rings. The number of ether oxygens (including phenoxy) is 2. The summed E-state index contributed by atoms with van der Waals surface area (Å²) in [5.41, 5.74) is 1.84. The molecule has 1 saturated heterocycles. The van der Waals surface area contributed by atoms with Gasteiger partial charge in [-0.3, -0.25) is 9.80 Å². The third kappa shape index (κ3) is 8.81. The monoisotopic (exact) mass is 496 g/mol. The van der Waals surface area contributed by atoms with Crippen molar-refractivity contribution >= 4 is 23.2 Å². The molecule has 0 spiro atoms. The van der Waals surface area contributed by atoms with Crippen LogP contribution in [0, 0.1) is 0 Å². The summed E-state index contributed by atoms with van der Waals surface area (Å²) >= 11 is 12.3. The molecule has 1 aliphatic heterocycles. The Kier molecular flexibility index (Phi) is 10.9. The summed E-state index contributed by atoms with van der Waals surface area (Å²) in [4.78, 5) is 4.51. The quantitative estimate of drug-likeness (QED) is 0.469. The molecule has 3 rings (SSSR count). The molecule has 6 nitrogen and oxygen atoms in total. The van der Waals surface area contributed by atoms with Crippen LogP contribution in [0.5, 0.6) is 0 Å². The number of benzene rings is 2. The zero-order chi connectivity index (χ0) is 23.6. The van der Waals surface area contributed by atoms with Crippen LogP contribution in [-0.4, -0.2) is 84.2 Å². The van der Waals surface area contributed by atoms with Gasteiger partial charge in [-0.1, -0.05) is 59.6 Å². The van der Waals surface area contributed by atoms with E-state index in [1.54, 1.807) is 0 Å². The zero-order valence-electron chi connectivity index (χ0n) is 19.1. The Morgan fingerprint density at radius 2 is 1.36 bits per heavy atom. The van der Waals surface area contributed by atoms with Gasteiger partial charge in [0.15, 0.2) is 0 Å². The summed E-state index contributed by atoms with van der Waals surface area (Å²) in [5, 5.41) is 22.1. The normalized spacial score (nSPS) is 19.5. The van der Waals surface area contributed by atoms with Crippen LogP contribution in [0.2, 0.25) is 10.0 Å². The van der Waals surface area contributed by atoms with Crippen LogP contribution in [0.1, 0.15) is 18.1 Å². The number of hydrogen-bond donors (Lipinski definition) is 2. The van der Waals surface area contributed by atoms with Crippen molar-refractivity contribution in [2.75, 3.05) is 45.9 Å². The Morgan fingerprint density at radius 1 is 0.848 bits per heavy atom. The standard InChI is InChI=1S/C25H34Cl2N2O4/c1-19-12-28(13-22(30)17-32-15-20-6-2-4-8-24(20)26)10-11-29(19)14-23(31)18-33-16-21-7-3-5-9-25(21)27/h2-9,19,22-23,30-31H,10-18H2,1H3. The molecule has 8 heteroatoms. The van der Waals surface area contributed by atoms with Crippen LogP contribution in [0.3, 0.4) is 0 Å². The minimum absolute atomic E-state index is 0.264. The van der Waals surface area contributed by atoms with Gasteiger partial charge < -0.3 is 19.7 Å². The van der Waals surface area contributed by atoms with Crippen molar-refractivity contribution in [3.8, 4) is 0 Å². The second kappa shape index (κ2) is 13.6. The molecule has 0 bridgehead atoms. The van der Waals surface area contributed by atoms with E-state index < -0.39 is 12.2 Å². The molecule has 1 fully saturated rings. The predicted molar refractivity (Wildman–Crippen MR) is 132 cm³/mol. The molecule has 3 atom stereocenters. The zero-order valence-corrected chi connectivity index (χ0v) is 20.6. The van der Waals surface area contributed by atoms with E-state index in [4.69, 9.17) is 32.7 Å². The van der Waals surface area contributed by atoms with Gasteiger partial charge in [-0.2, -0.15) is 0 Å². The second-order valence-electron chi connectivity index (χ2n) is 8.62. The number of hydrogen-bond acceptors (Lipinski definition) is 6. The van der Waals surface area contributed by atoms with E-state index in [2.05, 4.69) is 16.7 Å². The molecule has 0 aromatic heterocycles. The number of rotatable bonds is 12. The Morgan fingerprint density at radius 3 is 1.88 bits per heavy atom. The lowest BCUT2D eigenvalue weighted by Crippen LogP contribution is -2.55. The molecule has 1 aliphatic rings. The number of piperazine rings is 1. The molecule has 3 unspecified atom stereocenters. The van der Waals surface area contributed by atoms with Crippen LogP contribution >= 0.6 is 23.2 Å². The van der Waals surface area contributed by atoms with E-state index in [0.29, 0.717) is 36.3 Å². The molecule has 0 radical (unpaired) electrons. The Labute approximate surface area is 206 Å². The first-order chi connectivity index (χ1) is 15.9. The lowest BCUT2D eigenvalue weighted by Gasteiger charge is -2.41. The second-order valence-corrected chi connectivity index (χ2v) is 9.44. The first-order valence-electron chi connectivity index (χ1n) is 11.4. The van der Waals surface area contributed by atoms with Gasteiger partial charge in [-0.25, -0.2) is 0 Å². The number of nitrogens with zero attached hydrogens (tertiary/aromatic N) is 2. The minimum atomic E-state index is -0.565. The molecule has 2 aromatic carbocycles. The van der Waals surface area contributed by atoms with Crippen LogP contribution in [0.4, 0.5) is 0 Å². The highest BCUT2D eigenvalue weighted by atomic mass is 35.5. The van der Waals surface area contributed by atoms with Gasteiger partial charge in [0.25, 0.3) is 0 Å². The number of halogens is 2. The molecular weight excluding hydrogens is 463 g/mol. The SMILES string of the molecule is CC1CN(CC(O)COCc2ccccc2Cl)CCN1CC(O)COCc1ccccc1Cl. The number of aliphatic hydroxyl groups excluding tert-OH is 2. The molecule has 33 heavy (non-hydrogen) atoms. The smallest absolute Gasteiger partial charge is 0.0900 e. The molecule has 0 saturated carbocycles.